The van der Waals surface area contributed by atoms with E-state index in [1.165, 1.54) is 0 Å². The first-order chi connectivity index (χ1) is 13.5. The van der Waals surface area contributed by atoms with Crippen molar-refractivity contribution in [3.8, 4) is 0 Å². The number of rotatable bonds is 3. The molecule has 5 heteroatoms. The summed E-state index contributed by atoms with van der Waals surface area (Å²) in [5.41, 5.74) is 3.86. The third-order valence-corrected chi connectivity index (χ3v) is 6.64. The van der Waals surface area contributed by atoms with Crippen molar-refractivity contribution in [1.82, 2.24) is 9.88 Å². The molecule has 5 nitrogen and oxygen atoms in total. The Kier molecular flexibility index (Phi) is 3.63. The predicted octanol–water partition coefficient (Wildman–Crippen LogP) is 3.74. The molecule has 0 radical (unpaired) electrons. The molecule has 1 aliphatic carbocycles. The second kappa shape index (κ2) is 5.96. The molecule has 3 aromatic rings. The molecule has 2 aromatic carbocycles. The Balaban J connectivity index is 1.85. The topological polar surface area (TPSA) is 71.3 Å². The predicted molar refractivity (Wildman–Crippen MR) is 106 cm³/mol. The fourth-order valence-corrected chi connectivity index (χ4v) is 5.61. The molecule has 2 heterocycles. The molecule has 1 aliphatic heterocycles. The minimum atomic E-state index is -0.820. The molecule has 3 atom stereocenters. The summed E-state index contributed by atoms with van der Waals surface area (Å²) < 4.78 is 2.19. The first-order valence-electron chi connectivity index (χ1n) is 9.66. The molecule has 1 aromatic heterocycles. The van der Waals surface area contributed by atoms with Gasteiger partial charge in [0.1, 0.15) is 0 Å². The average Bonchev–Trinajstić information content (AvgIpc) is 3.13. The smallest absolute Gasteiger partial charge is 0.304 e. The molecule has 1 amide bonds. The minimum Gasteiger partial charge on any atom is -0.481 e. The third kappa shape index (κ3) is 2.19. The molecule has 0 saturated carbocycles. The second-order valence-electron chi connectivity index (χ2n) is 8.02. The number of amides is 1. The van der Waals surface area contributed by atoms with Crippen LogP contribution < -0.4 is 5.32 Å². The van der Waals surface area contributed by atoms with E-state index in [4.69, 9.17) is 0 Å². The number of aliphatic carboxylic acids is 1. The van der Waals surface area contributed by atoms with Gasteiger partial charge in [0.05, 0.1) is 12.5 Å². The molecule has 0 spiro atoms. The molecule has 2 aliphatic rings. The first-order valence-corrected chi connectivity index (χ1v) is 9.66. The summed E-state index contributed by atoms with van der Waals surface area (Å²) in [4.78, 5) is 24.3. The van der Waals surface area contributed by atoms with Crippen LogP contribution in [0.3, 0.4) is 0 Å². The largest absolute Gasteiger partial charge is 0.481 e. The number of aromatic nitrogens is 1. The molecule has 1 fully saturated rings. The molecule has 142 valence electrons. The van der Waals surface area contributed by atoms with Gasteiger partial charge in [-0.1, -0.05) is 48.5 Å². The van der Waals surface area contributed by atoms with Crippen LogP contribution in [0.5, 0.6) is 0 Å². The number of carbonyl (C=O) groups is 2. The zero-order chi connectivity index (χ0) is 19.5. The SMILES string of the molecule is Cn1c2c(c3ccccc31)[C@H]1NC(=O)CC[C@]1(CC(=O)O)[C@@H]2c1ccccc1. The Hall–Kier alpha value is -3.08. The highest BCUT2D eigenvalue weighted by atomic mass is 16.4. The molecule has 2 N–H and O–H groups in total. The van der Waals surface area contributed by atoms with Crippen LogP contribution in [-0.4, -0.2) is 21.6 Å². The van der Waals surface area contributed by atoms with E-state index in [0.717, 1.165) is 27.7 Å². The van der Waals surface area contributed by atoms with E-state index in [1.54, 1.807) is 0 Å². The number of nitrogens with zero attached hydrogens (tertiary/aromatic N) is 1. The quantitative estimate of drug-likeness (QED) is 0.734. The Morgan fingerprint density at radius 2 is 1.89 bits per heavy atom. The molecule has 0 bridgehead atoms. The van der Waals surface area contributed by atoms with Crippen LogP contribution in [0.2, 0.25) is 0 Å². The zero-order valence-corrected chi connectivity index (χ0v) is 15.7. The molecule has 1 saturated heterocycles. The number of carbonyl (C=O) groups excluding carboxylic acids is 1. The summed E-state index contributed by atoms with van der Waals surface area (Å²) in [6.07, 6.45) is 0.956. The zero-order valence-electron chi connectivity index (χ0n) is 15.7. The van der Waals surface area contributed by atoms with E-state index in [2.05, 4.69) is 34.1 Å². The van der Waals surface area contributed by atoms with Gasteiger partial charge in [0.2, 0.25) is 5.91 Å². The van der Waals surface area contributed by atoms with Crippen molar-refractivity contribution in [3.63, 3.8) is 0 Å². The van der Waals surface area contributed by atoms with Crippen LogP contribution in [0, 0.1) is 5.41 Å². The monoisotopic (exact) mass is 374 g/mol. The number of carboxylic acids is 1. The highest BCUT2D eigenvalue weighted by Crippen LogP contribution is 2.64. The Morgan fingerprint density at radius 3 is 2.64 bits per heavy atom. The van der Waals surface area contributed by atoms with Crippen molar-refractivity contribution in [1.29, 1.82) is 0 Å². The van der Waals surface area contributed by atoms with Crippen LogP contribution in [-0.2, 0) is 16.6 Å². The standard InChI is InChI=1S/C23H22N2O3/c1-25-16-10-6-5-9-15(16)19-21(25)20(14-7-3-2-4-8-14)23(13-18(27)28)12-11-17(26)24-22(19)23/h2-10,20,22H,11-13H2,1H3,(H,24,26)(H,27,28)/t20-,22-,23+/m1/s1. The lowest BCUT2D eigenvalue weighted by Crippen LogP contribution is -2.47. The summed E-state index contributed by atoms with van der Waals surface area (Å²) >= 11 is 0. The fraction of sp³-hybridized carbons (Fsp3) is 0.304. The Morgan fingerprint density at radius 1 is 1.18 bits per heavy atom. The van der Waals surface area contributed by atoms with Gasteiger partial charge in [-0.2, -0.15) is 0 Å². The van der Waals surface area contributed by atoms with E-state index < -0.39 is 11.4 Å². The van der Waals surface area contributed by atoms with E-state index in [1.807, 2.05) is 37.4 Å². The second-order valence-corrected chi connectivity index (χ2v) is 8.02. The summed E-state index contributed by atoms with van der Waals surface area (Å²) in [6.45, 7) is 0. The van der Waals surface area contributed by atoms with Crippen LogP contribution in [0.25, 0.3) is 10.9 Å². The third-order valence-electron chi connectivity index (χ3n) is 6.64. The van der Waals surface area contributed by atoms with E-state index in [-0.39, 0.29) is 24.3 Å². The van der Waals surface area contributed by atoms with Crippen LogP contribution in [0.15, 0.2) is 54.6 Å². The van der Waals surface area contributed by atoms with Crippen LogP contribution in [0.1, 0.15) is 48.0 Å². The van der Waals surface area contributed by atoms with Crippen molar-refractivity contribution < 1.29 is 14.7 Å². The fourth-order valence-electron chi connectivity index (χ4n) is 5.61. The van der Waals surface area contributed by atoms with E-state index >= 15 is 0 Å². The van der Waals surface area contributed by atoms with Crippen molar-refractivity contribution in [2.45, 2.75) is 31.2 Å². The number of aryl methyl sites for hydroxylation is 1. The van der Waals surface area contributed by atoms with Crippen LogP contribution >= 0.6 is 0 Å². The maximum Gasteiger partial charge on any atom is 0.304 e. The lowest BCUT2D eigenvalue weighted by atomic mass is 9.64. The molecule has 5 rings (SSSR count). The van der Waals surface area contributed by atoms with E-state index in [9.17, 15) is 14.7 Å². The number of benzene rings is 2. The highest BCUT2D eigenvalue weighted by Gasteiger charge is 2.58. The van der Waals surface area contributed by atoms with Gasteiger partial charge < -0.3 is 15.0 Å². The average molecular weight is 374 g/mol. The molecular weight excluding hydrogens is 352 g/mol. The number of carboxylic acid groups (broad SMARTS) is 1. The van der Waals surface area contributed by atoms with Gasteiger partial charge in [-0.15, -0.1) is 0 Å². The number of nitrogens with one attached hydrogen (secondary N) is 1. The number of hydrogen-bond donors (Lipinski definition) is 2. The Labute approximate surface area is 163 Å². The van der Waals surface area contributed by atoms with Crippen molar-refractivity contribution in [2.24, 2.45) is 12.5 Å². The molecule has 28 heavy (non-hydrogen) atoms. The van der Waals surface area contributed by atoms with E-state index in [0.29, 0.717) is 12.8 Å². The van der Waals surface area contributed by atoms with Gasteiger partial charge in [-0.05, 0) is 18.1 Å². The van der Waals surface area contributed by atoms with Crippen molar-refractivity contribution in [2.75, 3.05) is 0 Å². The number of piperidine rings is 1. The van der Waals surface area contributed by atoms with Gasteiger partial charge in [-0.25, -0.2) is 0 Å². The Bertz CT molecular complexity index is 1100. The van der Waals surface area contributed by atoms with Crippen molar-refractivity contribution in [3.05, 3.63) is 71.4 Å². The van der Waals surface area contributed by atoms with Gasteiger partial charge >= 0.3 is 5.97 Å². The summed E-state index contributed by atoms with van der Waals surface area (Å²) in [6, 6.07) is 18.0. The van der Waals surface area contributed by atoms with Gasteiger partial charge in [-0.3, -0.25) is 9.59 Å². The molecule has 0 unspecified atom stereocenters. The minimum absolute atomic E-state index is 0.00129. The number of para-hydroxylation sites is 1. The normalized spacial score (nSPS) is 26.0. The first kappa shape index (κ1) is 17.0. The highest BCUT2D eigenvalue weighted by molar-refractivity contribution is 5.90. The van der Waals surface area contributed by atoms with Crippen molar-refractivity contribution >= 4 is 22.8 Å². The summed E-state index contributed by atoms with van der Waals surface area (Å²) in [5, 5.41) is 14.1. The summed E-state index contributed by atoms with van der Waals surface area (Å²) in [5.74, 6) is -0.902. The lowest BCUT2D eigenvalue weighted by molar-refractivity contribution is -0.143. The maximum atomic E-state index is 12.4. The van der Waals surface area contributed by atoms with Crippen LogP contribution in [0.4, 0.5) is 0 Å². The van der Waals surface area contributed by atoms with Gasteiger partial charge in [0, 0.05) is 47.0 Å². The number of hydrogen-bond acceptors (Lipinski definition) is 2. The summed E-state index contributed by atoms with van der Waals surface area (Å²) in [7, 11) is 2.05. The van der Waals surface area contributed by atoms with Gasteiger partial charge in [0.25, 0.3) is 0 Å². The maximum absolute atomic E-state index is 12.4. The lowest BCUT2D eigenvalue weighted by Gasteiger charge is -2.43. The molecular formula is C23H22N2O3. The van der Waals surface area contributed by atoms with Gasteiger partial charge in [0.15, 0.2) is 0 Å². The number of fused-ring (bicyclic) bond motifs is 5.